The summed E-state index contributed by atoms with van der Waals surface area (Å²) >= 11 is 6.01. The van der Waals surface area contributed by atoms with Crippen molar-refractivity contribution in [1.82, 2.24) is 5.32 Å². The number of phenolic OH excluding ortho intramolecular Hbond substituents is 1. The Kier molecular flexibility index (Phi) is 6.54. The molecule has 3 N–H and O–H groups in total. The minimum Gasteiger partial charge on any atom is -0.504 e. The van der Waals surface area contributed by atoms with Gasteiger partial charge in [0.05, 0.1) is 28.6 Å². The van der Waals surface area contributed by atoms with Crippen LogP contribution < -0.4 is 10.6 Å². The Morgan fingerprint density at radius 2 is 2.15 bits per heavy atom. The molecule has 26 heavy (non-hydrogen) atoms. The zero-order valence-corrected chi connectivity index (χ0v) is 16.4. The van der Waals surface area contributed by atoms with E-state index in [2.05, 4.69) is 10.6 Å². The summed E-state index contributed by atoms with van der Waals surface area (Å²) < 4.78 is 30.2. The Balaban J connectivity index is 2.26. The molecule has 0 aromatic heterocycles. The van der Waals surface area contributed by atoms with E-state index < -0.39 is 31.8 Å². The number of phenols is 1. The van der Waals surface area contributed by atoms with E-state index in [9.17, 15) is 18.3 Å². The summed E-state index contributed by atoms with van der Waals surface area (Å²) in [7, 11) is -2.56. The molecule has 0 fully saturated rings. The van der Waals surface area contributed by atoms with E-state index in [-0.39, 0.29) is 23.4 Å². The topological polar surface area (TPSA) is 105 Å². The number of halogens is 1. The van der Waals surface area contributed by atoms with Crippen LogP contribution in [0.15, 0.2) is 28.7 Å². The number of allylic oxidation sites excluding steroid dienone is 1. The van der Waals surface area contributed by atoms with Crippen LogP contribution >= 0.6 is 11.6 Å². The fraction of sp³-hybridized carbons (Fsp3) is 0.471. The fourth-order valence-corrected chi connectivity index (χ4v) is 4.71. The minimum atomic E-state index is -3.94. The second-order valence-electron chi connectivity index (χ2n) is 6.26. The molecular weight excluding hydrogens is 380 g/mol. The van der Waals surface area contributed by atoms with Crippen LogP contribution in [-0.2, 0) is 14.6 Å². The Bertz CT molecular complexity index is 823. The van der Waals surface area contributed by atoms with Crippen molar-refractivity contribution in [3.05, 3.63) is 28.8 Å². The van der Waals surface area contributed by atoms with Gasteiger partial charge in [-0.1, -0.05) is 23.3 Å². The fourth-order valence-electron chi connectivity index (χ4n) is 2.79. The molecule has 7 nitrogen and oxygen atoms in total. The molecule has 2 rings (SSSR count). The number of hydrogen-bond donors (Lipinski definition) is 3. The molecule has 1 aromatic rings. The number of carbonyl (C=O) groups excluding carboxylic acids is 1. The zero-order chi connectivity index (χ0) is 19.5. The molecule has 1 aromatic carbocycles. The van der Waals surface area contributed by atoms with Gasteiger partial charge < -0.3 is 20.5 Å². The molecule has 0 heterocycles. The van der Waals surface area contributed by atoms with Crippen LogP contribution in [0, 0.1) is 0 Å². The van der Waals surface area contributed by atoms with Gasteiger partial charge in [-0.25, -0.2) is 13.2 Å². The quantitative estimate of drug-likeness (QED) is 0.501. The van der Waals surface area contributed by atoms with Gasteiger partial charge in [-0.05, 0) is 38.8 Å². The van der Waals surface area contributed by atoms with E-state index in [1.54, 1.807) is 0 Å². The van der Waals surface area contributed by atoms with E-state index in [0.29, 0.717) is 0 Å². The van der Waals surface area contributed by atoms with E-state index in [0.717, 1.165) is 18.4 Å². The maximum Gasteiger partial charge on any atom is 0.319 e. The van der Waals surface area contributed by atoms with Crippen LogP contribution in [0.2, 0.25) is 5.02 Å². The van der Waals surface area contributed by atoms with Crippen molar-refractivity contribution in [2.75, 3.05) is 19.0 Å². The first kappa shape index (κ1) is 20.5. The first-order chi connectivity index (χ1) is 12.2. The largest absolute Gasteiger partial charge is 0.504 e. The van der Waals surface area contributed by atoms with E-state index >= 15 is 0 Å². The first-order valence-corrected chi connectivity index (χ1v) is 10.1. The molecule has 2 atom stereocenters. The van der Waals surface area contributed by atoms with Crippen LogP contribution in [0.3, 0.4) is 0 Å². The van der Waals surface area contributed by atoms with Gasteiger partial charge in [0.15, 0.2) is 15.6 Å². The summed E-state index contributed by atoms with van der Waals surface area (Å²) in [4.78, 5) is 11.8. The zero-order valence-electron chi connectivity index (χ0n) is 14.9. The van der Waals surface area contributed by atoms with Crippen LogP contribution in [-0.4, -0.2) is 44.6 Å². The predicted octanol–water partition coefficient (Wildman–Crippen LogP) is 3.08. The monoisotopic (exact) mass is 402 g/mol. The highest BCUT2D eigenvalue weighted by atomic mass is 35.5. The number of carbonyl (C=O) groups is 1. The molecule has 2 amide bonds. The van der Waals surface area contributed by atoms with E-state index in [4.69, 9.17) is 16.3 Å². The number of urea groups is 1. The molecule has 0 spiro atoms. The third-order valence-electron chi connectivity index (χ3n) is 4.32. The number of anilines is 1. The lowest BCUT2D eigenvalue weighted by Crippen LogP contribution is -2.37. The van der Waals surface area contributed by atoms with Crippen molar-refractivity contribution in [2.24, 2.45) is 0 Å². The molecular formula is C17H23ClN2O5S. The second-order valence-corrected chi connectivity index (χ2v) is 8.97. The van der Waals surface area contributed by atoms with Crippen molar-refractivity contribution in [3.63, 3.8) is 0 Å². The molecule has 0 radical (unpaired) electrons. The van der Waals surface area contributed by atoms with Crippen LogP contribution in [0.4, 0.5) is 10.5 Å². The minimum absolute atomic E-state index is 0.0327. The lowest BCUT2D eigenvalue weighted by Gasteiger charge is -2.18. The summed E-state index contributed by atoms with van der Waals surface area (Å²) in [6.45, 7) is 3.33. The SMILES string of the molecule is COC[C@H](C)S(=O)(=O)c1c(Cl)ccc(NC(=O)N[C@@H]2CCC=C2C)c1O. The summed E-state index contributed by atoms with van der Waals surface area (Å²) in [6.07, 6.45) is 3.75. The Hall–Kier alpha value is -1.77. The third-order valence-corrected chi connectivity index (χ3v) is 6.93. The van der Waals surface area contributed by atoms with Crippen LogP contribution in [0.5, 0.6) is 5.75 Å². The number of hydrogen-bond acceptors (Lipinski definition) is 5. The Morgan fingerprint density at radius 1 is 1.46 bits per heavy atom. The number of methoxy groups -OCH3 is 1. The number of aromatic hydroxyl groups is 1. The molecule has 0 bridgehead atoms. The average Bonchev–Trinajstić information content (AvgIpc) is 2.95. The highest BCUT2D eigenvalue weighted by Gasteiger charge is 2.31. The molecule has 1 aliphatic rings. The lowest BCUT2D eigenvalue weighted by atomic mass is 10.2. The first-order valence-electron chi connectivity index (χ1n) is 8.17. The van der Waals surface area contributed by atoms with Gasteiger partial charge in [0, 0.05) is 7.11 Å². The van der Waals surface area contributed by atoms with Crippen molar-refractivity contribution in [1.29, 1.82) is 0 Å². The predicted molar refractivity (Wildman–Crippen MR) is 101 cm³/mol. The number of ether oxygens (including phenoxy) is 1. The van der Waals surface area contributed by atoms with E-state index in [1.165, 1.54) is 26.2 Å². The molecule has 0 saturated heterocycles. The van der Waals surface area contributed by atoms with Crippen molar-refractivity contribution in [2.45, 2.75) is 42.9 Å². The van der Waals surface area contributed by atoms with Gasteiger partial charge in [-0.2, -0.15) is 0 Å². The number of sulfone groups is 1. The van der Waals surface area contributed by atoms with Gasteiger partial charge in [-0.15, -0.1) is 0 Å². The molecule has 144 valence electrons. The molecule has 0 saturated carbocycles. The van der Waals surface area contributed by atoms with Gasteiger partial charge in [0.25, 0.3) is 0 Å². The van der Waals surface area contributed by atoms with E-state index in [1.807, 2.05) is 13.0 Å². The van der Waals surface area contributed by atoms with Crippen molar-refractivity contribution < 1.29 is 23.1 Å². The normalized spacial score (nSPS) is 18.3. The maximum absolute atomic E-state index is 12.7. The molecule has 0 aliphatic heterocycles. The molecule has 9 heteroatoms. The van der Waals surface area contributed by atoms with Gasteiger partial charge in [0.1, 0.15) is 4.90 Å². The number of benzene rings is 1. The summed E-state index contributed by atoms with van der Waals surface area (Å²) in [5.74, 6) is -0.589. The maximum atomic E-state index is 12.7. The lowest BCUT2D eigenvalue weighted by molar-refractivity contribution is 0.200. The second kappa shape index (κ2) is 8.28. The standard InChI is InChI=1S/C17H23ClN2O5S/c1-10-5-4-6-13(10)19-17(22)20-14-8-7-12(18)16(15(14)21)26(23,24)11(2)9-25-3/h5,7-8,11,13,21H,4,6,9H2,1-3H3,(H2,19,20,22)/t11-,13+/m0/s1. The van der Waals surface area contributed by atoms with Gasteiger partial charge in [-0.3, -0.25) is 0 Å². The van der Waals surface area contributed by atoms with Crippen molar-refractivity contribution in [3.8, 4) is 5.75 Å². The average molecular weight is 403 g/mol. The molecule has 0 unspecified atom stereocenters. The number of amides is 2. The highest BCUT2D eigenvalue weighted by Crippen LogP contribution is 2.38. The summed E-state index contributed by atoms with van der Waals surface area (Å²) in [5.41, 5.74) is 1.03. The van der Waals surface area contributed by atoms with Gasteiger partial charge in [0.2, 0.25) is 0 Å². The Labute approximate surface area is 158 Å². The van der Waals surface area contributed by atoms with Crippen molar-refractivity contribution >= 4 is 33.2 Å². The summed E-state index contributed by atoms with van der Waals surface area (Å²) in [5, 5.41) is 14.7. The third kappa shape index (κ3) is 4.31. The highest BCUT2D eigenvalue weighted by molar-refractivity contribution is 7.92. The van der Waals surface area contributed by atoms with Crippen LogP contribution in [0.1, 0.15) is 26.7 Å². The smallest absolute Gasteiger partial charge is 0.319 e. The molecule has 1 aliphatic carbocycles. The number of rotatable bonds is 6. The number of nitrogens with one attached hydrogen (secondary N) is 2. The van der Waals surface area contributed by atoms with Crippen LogP contribution in [0.25, 0.3) is 0 Å². The van der Waals surface area contributed by atoms with Gasteiger partial charge >= 0.3 is 6.03 Å². The Morgan fingerprint density at radius 3 is 2.73 bits per heavy atom. The summed E-state index contributed by atoms with van der Waals surface area (Å²) in [6, 6.07) is 2.07.